The lowest BCUT2D eigenvalue weighted by Crippen LogP contribution is -2.42. The first-order valence-electron chi connectivity index (χ1n) is 9.58. The molecule has 0 heterocycles. The Bertz CT molecular complexity index is 526. The molecule has 0 aromatic heterocycles. The van der Waals surface area contributed by atoms with Crippen LogP contribution < -0.4 is 0 Å². The summed E-state index contributed by atoms with van der Waals surface area (Å²) in [6.45, 7) is -4.07. The highest BCUT2D eigenvalue weighted by Crippen LogP contribution is 2.37. The van der Waals surface area contributed by atoms with E-state index in [1.165, 1.54) is 13.8 Å². The molecule has 0 aliphatic rings. The summed E-state index contributed by atoms with van der Waals surface area (Å²) in [6.07, 6.45) is -11.3. The number of rotatable bonds is 16. The van der Waals surface area contributed by atoms with Crippen molar-refractivity contribution in [3.63, 3.8) is 0 Å². The molecule has 2 unspecified atom stereocenters. The van der Waals surface area contributed by atoms with Gasteiger partial charge >= 0.3 is 24.2 Å². The van der Waals surface area contributed by atoms with Crippen molar-refractivity contribution >= 4 is 0 Å². The fourth-order valence-corrected chi connectivity index (χ4v) is 2.26. The first kappa shape index (κ1) is 54.2. The molecule has 0 amide bonds. The topological polar surface area (TPSA) is 68.2 Å². The van der Waals surface area contributed by atoms with E-state index in [1.807, 2.05) is 0 Å². The predicted octanol–water partition coefficient (Wildman–Crippen LogP) is 8.03. The van der Waals surface area contributed by atoms with Crippen molar-refractivity contribution in [3.05, 3.63) is 0 Å². The average Bonchev–Trinajstić information content (AvgIpc) is 2.65. The average molecular weight is 611 g/mol. The molecule has 0 aromatic rings. The van der Waals surface area contributed by atoms with Crippen molar-refractivity contribution < 1.29 is 68.3 Å². The predicted molar refractivity (Wildman–Crippen MR) is 134 cm³/mol. The molecule has 2 atom stereocenters. The van der Waals surface area contributed by atoms with Crippen molar-refractivity contribution in [1.82, 2.24) is 0 Å². The lowest BCUT2D eigenvalue weighted by Gasteiger charge is -2.30. The summed E-state index contributed by atoms with van der Waals surface area (Å²) >= 11 is 0. The Morgan fingerprint density at radius 2 is 0.795 bits per heavy atom. The van der Waals surface area contributed by atoms with Gasteiger partial charge in [-0.15, -0.1) is 0 Å². The Kier molecular flexibility index (Phi) is 29.1. The van der Waals surface area contributed by atoms with Gasteiger partial charge in [-0.3, -0.25) is 0 Å². The van der Waals surface area contributed by atoms with Gasteiger partial charge in [0.1, 0.15) is 13.2 Å². The van der Waals surface area contributed by atoms with E-state index in [0.717, 1.165) is 0 Å². The van der Waals surface area contributed by atoms with Crippen LogP contribution in [-0.4, -0.2) is 87.3 Å². The summed E-state index contributed by atoms with van der Waals surface area (Å²) in [4.78, 5) is 0. The van der Waals surface area contributed by atoms with E-state index in [1.54, 1.807) is 0 Å². The molecule has 0 rings (SSSR count). The van der Waals surface area contributed by atoms with Crippen LogP contribution in [0, 0.1) is 10.8 Å². The van der Waals surface area contributed by atoms with Crippen LogP contribution in [0.5, 0.6) is 0 Å². The quantitative estimate of drug-likeness (QED) is 0.137. The van der Waals surface area contributed by atoms with Crippen LogP contribution in [0.1, 0.15) is 71.2 Å². The molecule has 2 N–H and O–H groups in total. The minimum Gasteiger partial charge on any atom is -0.396 e. The van der Waals surface area contributed by atoms with Crippen LogP contribution >= 0.6 is 0 Å². The van der Waals surface area contributed by atoms with E-state index in [2.05, 4.69) is 9.47 Å². The second kappa shape index (κ2) is 20.9. The highest BCUT2D eigenvalue weighted by molar-refractivity contribution is 4.79. The molecule has 0 spiro atoms. The monoisotopic (exact) mass is 610 g/mol. The fourth-order valence-electron chi connectivity index (χ4n) is 2.26. The Balaban J connectivity index is -0.000000341. The molecule has 15 heteroatoms. The van der Waals surface area contributed by atoms with Crippen molar-refractivity contribution in [1.29, 1.82) is 0 Å². The Morgan fingerprint density at radius 1 is 0.487 bits per heavy atom. The number of alkyl halides is 10. The van der Waals surface area contributed by atoms with Gasteiger partial charge in [-0.1, -0.05) is 58.4 Å². The number of aliphatic hydroxyl groups is 2. The third-order valence-corrected chi connectivity index (χ3v) is 4.58. The maximum Gasteiger partial charge on any atom is 0.455 e. The Labute approximate surface area is 228 Å². The SMILES string of the molecule is C.C.C.C.C.C.CC(CO)(CCCOCC(C)(CO)COCC(F)(F)C(F)(F)F)COCC(F)(F)C(F)(F)F. The molecule has 39 heavy (non-hydrogen) atoms. The highest BCUT2D eigenvalue weighted by Gasteiger charge is 2.58. The van der Waals surface area contributed by atoms with E-state index >= 15 is 0 Å². The van der Waals surface area contributed by atoms with E-state index < -0.39 is 74.7 Å². The Hall–Kier alpha value is -0.900. The molecule has 0 saturated carbocycles. The second-order valence-corrected chi connectivity index (χ2v) is 8.48. The van der Waals surface area contributed by atoms with Crippen LogP contribution in [0.2, 0.25) is 0 Å². The lowest BCUT2D eigenvalue weighted by molar-refractivity contribution is -0.298. The highest BCUT2D eigenvalue weighted by atomic mass is 19.4. The summed E-state index contributed by atoms with van der Waals surface area (Å²) in [5.74, 6) is -10.1. The molecule has 0 aliphatic carbocycles. The lowest BCUT2D eigenvalue weighted by atomic mass is 9.87. The summed E-state index contributed by atoms with van der Waals surface area (Å²) in [7, 11) is 0. The number of aliphatic hydroxyl groups excluding tert-OH is 2. The normalized spacial score (nSPS) is 14.9. The third-order valence-electron chi connectivity index (χ3n) is 4.58. The zero-order chi connectivity index (χ0) is 26.2. The number of ether oxygens (including phenoxy) is 3. The van der Waals surface area contributed by atoms with Gasteiger partial charge in [-0.2, -0.15) is 43.9 Å². The van der Waals surface area contributed by atoms with Gasteiger partial charge in [-0.25, -0.2) is 0 Å². The van der Waals surface area contributed by atoms with Crippen molar-refractivity contribution in [3.8, 4) is 0 Å². The van der Waals surface area contributed by atoms with Crippen LogP contribution in [0.3, 0.4) is 0 Å². The zero-order valence-electron chi connectivity index (χ0n) is 18.0. The molecule has 0 fully saturated rings. The van der Waals surface area contributed by atoms with E-state index in [9.17, 15) is 54.1 Å². The van der Waals surface area contributed by atoms with Gasteiger partial charge in [-0.05, 0) is 12.8 Å². The summed E-state index contributed by atoms with van der Waals surface area (Å²) in [5, 5.41) is 18.8. The van der Waals surface area contributed by atoms with Gasteiger partial charge in [0.2, 0.25) is 0 Å². The standard InChI is InChI=1S/C18H28F10O5.6CH4/c1-13(6-29,8-32-11-15(19,20)17(23,24)25)4-3-5-31-9-14(2,7-30)10-33-12-16(21,22)18(26,27)28;;;;;;/h29-30H,3-12H2,1-2H3;6*1H4. The smallest absolute Gasteiger partial charge is 0.396 e. The van der Waals surface area contributed by atoms with Crippen molar-refractivity contribution in [2.45, 2.75) is 95.4 Å². The van der Waals surface area contributed by atoms with Gasteiger partial charge < -0.3 is 24.4 Å². The maximum atomic E-state index is 12.9. The molecule has 5 nitrogen and oxygen atoms in total. The number of hydrogen-bond donors (Lipinski definition) is 2. The zero-order valence-corrected chi connectivity index (χ0v) is 18.0. The maximum absolute atomic E-state index is 12.9. The van der Waals surface area contributed by atoms with Crippen molar-refractivity contribution in [2.24, 2.45) is 10.8 Å². The first-order chi connectivity index (χ1) is 14.7. The Morgan fingerprint density at radius 3 is 1.10 bits per heavy atom. The molecule has 0 bridgehead atoms. The van der Waals surface area contributed by atoms with Crippen molar-refractivity contribution in [2.75, 3.05) is 52.9 Å². The van der Waals surface area contributed by atoms with Crippen LogP contribution in [0.4, 0.5) is 43.9 Å². The van der Waals surface area contributed by atoms with Crippen LogP contribution in [0.25, 0.3) is 0 Å². The van der Waals surface area contributed by atoms with E-state index in [-0.39, 0.29) is 70.6 Å². The van der Waals surface area contributed by atoms with Crippen LogP contribution in [-0.2, 0) is 14.2 Å². The van der Waals surface area contributed by atoms with Gasteiger partial charge in [0.25, 0.3) is 0 Å². The summed E-state index contributed by atoms with van der Waals surface area (Å²) in [5.41, 5.74) is -2.48. The third kappa shape index (κ3) is 19.0. The van der Waals surface area contributed by atoms with Gasteiger partial charge in [0.05, 0.1) is 33.0 Å². The van der Waals surface area contributed by atoms with Gasteiger partial charge in [0, 0.05) is 17.4 Å². The molecule has 0 saturated heterocycles. The molecular weight excluding hydrogens is 558 g/mol. The minimum absolute atomic E-state index is 0. The minimum atomic E-state index is -5.79. The first-order valence-corrected chi connectivity index (χ1v) is 9.58. The molecule has 248 valence electrons. The van der Waals surface area contributed by atoms with Crippen LogP contribution in [0.15, 0.2) is 0 Å². The van der Waals surface area contributed by atoms with Gasteiger partial charge in [0.15, 0.2) is 0 Å². The van der Waals surface area contributed by atoms with E-state index in [0.29, 0.717) is 0 Å². The molecule has 0 aromatic carbocycles. The molecule has 0 radical (unpaired) electrons. The number of halogens is 10. The summed E-state index contributed by atoms with van der Waals surface area (Å²) in [6, 6.07) is 0. The number of hydrogen-bond acceptors (Lipinski definition) is 5. The molecule has 0 aliphatic heterocycles. The fraction of sp³-hybridized carbons (Fsp3) is 1.00. The van der Waals surface area contributed by atoms with E-state index in [4.69, 9.17) is 4.74 Å². The molecular formula is C24H52F10O5. The summed E-state index contributed by atoms with van der Waals surface area (Å²) < 4.78 is 138. The largest absolute Gasteiger partial charge is 0.455 e. The second-order valence-electron chi connectivity index (χ2n) is 8.48.